The smallest absolute Gasteiger partial charge is 0.329 e. The maximum atomic E-state index is 14.2. The molecule has 0 aliphatic carbocycles. The zero-order chi connectivity index (χ0) is 28.4. The Morgan fingerprint density at radius 3 is 2.33 bits per heavy atom. The number of fused-ring (bicyclic) bond motifs is 3. The maximum Gasteiger partial charge on any atom is 0.416 e. The summed E-state index contributed by atoms with van der Waals surface area (Å²) in [7, 11) is 0. The van der Waals surface area contributed by atoms with Crippen molar-refractivity contribution < 1.29 is 22.8 Å². The first-order chi connectivity index (χ1) is 19.2. The predicted molar refractivity (Wildman–Crippen MR) is 149 cm³/mol. The summed E-state index contributed by atoms with van der Waals surface area (Å²) >= 11 is 0. The largest absolute Gasteiger partial charge is 0.416 e. The number of aromatic nitrogens is 1. The number of unbranched alkanes of at least 4 members (excludes halogenated alkanes) is 1. The number of halogens is 3. The first kappa shape index (κ1) is 27.2. The number of anilines is 1. The Bertz CT molecular complexity index is 1520. The van der Waals surface area contributed by atoms with Gasteiger partial charge >= 0.3 is 6.18 Å². The van der Waals surface area contributed by atoms with Crippen LogP contribution in [0.25, 0.3) is 5.69 Å². The van der Waals surface area contributed by atoms with Crippen LogP contribution in [0.4, 0.5) is 18.9 Å². The number of carbonyl (C=O) groups is 2. The van der Waals surface area contributed by atoms with Crippen molar-refractivity contribution in [3.05, 3.63) is 119 Å². The highest BCUT2D eigenvalue weighted by atomic mass is 19.4. The Hall–Kier alpha value is -4.33. The quantitative estimate of drug-likeness (QED) is 0.247. The van der Waals surface area contributed by atoms with Gasteiger partial charge in [-0.05, 0) is 61.4 Å². The first-order valence-electron chi connectivity index (χ1n) is 13.3. The van der Waals surface area contributed by atoms with Gasteiger partial charge in [-0.15, -0.1) is 0 Å². The molecule has 1 aromatic heterocycles. The van der Waals surface area contributed by atoms with Gasteiger partial charge in [0.05, 0.1) is 22.6 Å². The molecule has 3 aromatic carbocycles. The van der Waals surface area contributed by atoms with Gasteiger partial charge in [0.15, 0.2) is 0 Å². The zero-order valence-electron chi connectivity index (χ0n) is 22.4. The molecular weight excluding hydrogens is 515 g/mol. The third-order valence-electron chi connectivity index (χ3n) is 7.21. The van der Waals surface area contributed by atoms with Crippen molar-refractivity contribution in [1.82, 2.24) is 9.47 Å². The lowest BCUT2D eigenvalue weighted by Gasteiger charge is -2.39. The van der Waals surface area contributed by atoms with E-state index in [-0.39, 0.29) is 24.6 Å². The number of aryl methyl sites for hydroxylation is 1. The van der Waals surface area contributed by atoms with Gasteiger partial charge in [0, 0.05) is 18.3 Å². The molecule has 5 rings (SSSR count). The number of amides is 2. The lowest BCUT2D eigenvalue weighted by Crippen LogP contribution is -2.47. The van der Waals surface area contributed by atoms with Crippen LogP contribution < -0.4 is 4.90 Å². The van der Waals surface area contributed by atoms with Crippen LogP contribution in [-0.4, -0.2) is 34.4 Å². The van der Waals surface area contributed by atoms with Crippen molar-refractivity contribution in [2.45, 2.75) is 38.9 Å². The van der Waals surface area contributed by atoms with E-state index < -0.39 is 23.7 Å². The number of para-hydroxylation sites is 2. The molecule has 206 valence electrons. The maximum absolute atomic E-state index is 14.2. The van der Waals surface area contributed by atoms with E-state index in [4.69, 9.17) is 0 Å². The topological polar surface area (TPSA) is 45.6 Å². The summed E-state index contributed by atoms with van der Waals surface area (Å²) in [5.74, 6) is -0.921. The van der Waals surface area contributed by atoms with Crippen LogP contribution in [0, 0.1) is 6.92 Å². The van der Waals surface area contributed by atoms with E-state index in [9.17, 15) is 22.8 Å². The van der Waals surface area contributed by atoms with Gasteiger partial charge in [-0.1, -0.05) is 61.4 Å². The molecule has 0 saturated carbocycles. The number of hydrogen-bond acceptors (Lipinski definition) is 2. The molecule has 0 fully saturated rings. The third kappa shape index (κ3) is 5.26. The highest BCUT2D eigenvalue weighted by Crippen LogP contribution is 2.42. The Labute approximate surface area is 231 Å². The van der Waals surface area contributed by atoms with Crippen molar-refractivity contribution in [2.75, 3.05) is 18.0 Å². The third-order valence-corrected chi connectivity index (χ3v) is 7.21. The standard InChI is InChI=1S/C32H30F3N3O2/c1-3-4-18-36(31(40)24-9-7-10-25(20-24)32(33,34)35)21-29(39)38-27-12-6-5-11-26(27)37-19-8-13-28(37)30(38)23-16-14-22(2)15-17-23/h5-17,19-20,30H,3-4,18,21H2,1-2H3. The lowest BCUT2D eigenvalue weighted by molar-refractivity contribution is -0.137. The van der Waals surface area contributed by atoms with Crippen LogP contribution in [-0.2, 0) is 11.0 Å². The summed E-state index contributed by atoms with van der Waals surface area (Å²) in [6, 6.07) is 23.4. The Morgan fingerprint density at radius 2 is 1.62 bits per heavy atom. The first-order valence-corrected chi connectivity index (χ1v) is 13.3. The summed E-state index contributed by atoms with van der Waals surface area (Å²) in [5.41, 5.74) is 3.45. The summed E-state index contributed by atoms with van der Waals surface area (Å²) < 4.78 is 42.2. The average molecular weight is 546 g/mol. The molecule has 0 spiro atoms. The zero-order valence-corrected chi connectivity index (χ0v) is 22.4. The van der Waals surface area contributed by atoms with Gasteiger partial charge in [0.1, 0.15) is 12.6 Å². The summed E-state index contributed by atoms with van der Waals surface area (Å²) in [5, 5.41) is 0. The number of nitrogens with zero attached hydrogens (tertiary/aromatic N) is 3. The van der Waals surface area contributed by atoms with Crippen molar-refractivity contribution >= 4 is 17.5 Å². The van der Waals surface area contributed by atoms with Gasteiger partial charge in [0.25, 0.3) is 5.91 Å². The Morgan fingerprint density at radius 1 is 0.900 bits per heavy atom. The van der Waals surface area contributed by atoms with Crippen molar-refractivity contribution in [3.63, 3.8) is 0 Å². The molecule has 1 unspecified atom stereocenters. The molecule has 40 heavy (non-hydrogen) atoms. The van der Waals surface area contributed by atoms with Crippen LogP contribution >= 0.6 is 0 Å². The SMILES string of the molecule is CCCCN(CC(=O)N1c2ccccc2-n2cccc2C1c1ccc(C)cc1)C(=O)c1cccc(C(F)(F)F)c1. The molecular formula is C32H30F3N3O2. The second-order valence-electron chi connectivity index (χ2n) is 10.0. The van der Waals surface area contributed by atoms with Crippen LogP contribution in [0.5, 0.6) is 0 Å². The molecule has 0 saturated heterocycles. The fourth-order valence-electron chi connectivity index (χ4n) is 5.18. The molecule has 0 bridgehead atoms. The number of rotatable bonds is 7. The molecule has 2 amide bonds. The summed E-state index contributed by atoms with van der Waals surface area (Å²) in [6.45, 7) is 3.93. The fraction of sp³-hybridized carbons (Fsp3) is 0.250. The second-order valence-corrected chi connectivity index (χ2v) is 10.0. The van der Waals surface area contributed by atoms with Crippen molar-refractivity contribution in [1.29, 1.82) is 0 Å². The van der Waals surface area contributed by atoms with E-state index in [0.29, 0.717) is 12.1 Å². The molecule has 1 aliphatic heterocycles. The molecule has 8 heteroatoms. The van der Waals surface area contributed by atoms with E-state index >= 15 is 0 Å². The van der Waals surface area contributed by atoms with Gasteiger partial charge < -0.3 is 9.47 Å². The predicted octanol–water partition coefficient (Wildman–Crippen LogP) is 7.18. The second kappa shape index (κ2) is 11.0. The number of benzene rings is 3. The highest BCUT2D eigenvalue weighted by Gasteiger charge is 2.37. The molecule has 0 N–H and O–H groups in total. The van der Waals surface area contributed by atoms with Crippen LogP contribution in [0.2, 0.25) is 0 Å². The van der Waals surface area contributed by atoms with Gasteiger partial charge in [-0.2, -0.15) is 13.2 Å². The Balaban J connectivity index is 1.54. The number of hydrogen-bond donors (Lipinski definition) is 0. The molecule has 2 heterocycles. The monoisotopic (exact) mass is 545 g/mol. The molecule has 5 nitrogen and oxygen atoms in total. The van der Waals surface area contributed by atoms with Gasteiger partial charge in [0.2, 0.25) is 5.91 Å². The number of alkyl halides is 3. The average Bonchev–Trinajstić information content (AvgIpc) is 3.44. The van der Waals surface area contributed by atoms with Gasteiger partial charge in [-0.3, -0.25) is 14.5 Å². The highest BCUT2D eigenvalue weighted by molar-refractivity contribution is 6.02. The van der Waals surface area contributed by atoms with Crippen molar-refractivity contribution in [2.24, 2.45) is 0 Å². The minimum absolute atomic E-state index is 0.0956. The normalized spacial score (nSPS) is 14.4. The molecule has 1 atom stereocenters. The summed E-state index contributed by atoms with van der Waals surface area (Å²) in [4.78, 5) is 30.8. The van der Waals surface area contributed by atoms with Gasteiger partial charge in [-0.25, -0.2) is 0 Å². The fourth-order valence-corrected chi connectivity index (χ4v) is 5.18. The van der Waals surface area contributed by atoms with Crippen LogP contribution in [0.3, 0.4) is 0 Å². The van der Waals surface area contributed by atoms with Crippen LogP contribution in [0.15, 0.2) is 91.1 Å². The van der Waals surface area contributed by atoms with E-state index in [1.807, 2.05) is 80.7 Å². The minimum Gasteiger partial charge on any atom is -0.329 e. The van der Waals surface area contributed by atoms with E-state index in [1.54, 1.807) is 4.90 Å². The van der Waals surface area contributed by atoms with Crippen LogP contribution in [0.1, 0.15) is 58.5 Å². The summed E-state index contributed by atoms with van der Waals surface area (Å²) in [6.07, 6.45) is -1.25. The molecule has 1 aliphatic rings. The van der Waals surface area contributed by atoms with E-state index in [0.717, 1.165) is 41.1 Å². The molecule has 4 aromatic rings. The minimum atomic E-state index is -4.58. The van der Waals surface area contributed by atoms with E-state index in [2.05, 4.69) is 4.57 Å². The Kier molecular flexibility index (Phi) is 7.52. The van der Waals surface area contributed by atoms with Crippen molar-refractivity contribution in [3.8, 4) is 5.69 Å². The van der Waals surface area contributed by atoms with E-state index in [1.165, 1.54) is 17.0 Å². The molecule has 0 radical (unpaired) electrons. The lowest BCUT2D eigenvalue weighted by atomic mass is 9.97. The number of carbonyl (C=O) groups excluding carboxylic acids is 2.